The molecule has 0 radical (unpaired) electrons. The molecule has 1 fully saturated rings. The molecular weight excluding hydrogens is 436 g/mol. The molecule has 1 amide bonds. The Morgan fingerprint density at radius 1 is 1.29 bits per heavy atom. The fourth-order valence-corrected chi connectivity index (χ4v) is 6.05. The largest absolute Gasteiger partial charge is 0.466 e. The highest BCUT2D eigenvalue weighted by atomic mass is 16.7. The van der Waals surface area contributed by atoms with E-state index in [1.807, 2.05) is 43.3 Å². The van der Waals surface area contributed by atoms with Crippen LogP contribution in [-0.2, 0) is 24.5 Å². The molecule has 0 unspecified atom stereocenters. The van der Waals surface area contributed by atoms with Gasteiger partial charge in [-0.3, -0.25) is 5.32 Å². The normalized spacial score (nSPS) is 29.3. The first-order valence-corrected chi connectivity index (χ1v) is 11.7. The lowest BCUT2D eigenvalue weighted by Gasteiger charge is -2.52. The molecule has 2 heterocycles. The van der Waals surface area contributed by atoms with Crippen LogP contribution in [0.2, 0.25) is 0 Å². The van der Waals surface area contributed by atoms with Gasteiger partial charge >= 0.3 is 6.09 Å². The number of hydrogen-bond donors (Lipinski definition) is 1. The van der Waals surface area contributed by atoms with E-state index in [4.69, 9.17) is 23.4 Å². The Labute approximate surface area is 199 Å². The van der Waals surface area contributed by atoms with Gasteiger partial charge in [0.2, 0.25) is 0 Å². The number of furan rings is 1. The zero-order valence-electron chi connectivity index (χ0n) is 19.9. The van der Waals surface area contributed by atoms with Crippen LogP contribution in [0.25, 0.3) is 0 Å². The number of likely N-dealkylation sites (N-methyl/N-ethyl adjacent to an activating group) is 1. The van der Waals surface area contributed by atoms with E-state index in [1.165, 1.54) is 0 Å². The summed E-state index contributed by atoms with van der Waals surface area (Å²) in [4.78, 5) is 15.0. The summed E-state index contributed by atoms with van der Waals surface area (Å²) in [5, 5.41) is 2.82. The number of rotatable bonds is 6. The van der Waals surface area contributed by atoms with Crippen molar-refractivity contribution in [3.8, 4) is 0 Å². The maximum Gasteiger partial charge on any atom is 0.412 e. The third-order valence-electron chi connectivity index (χ3n) is 7.38. The molecule has 8 nitrogen and oxygen atoms in total. The van der Waals surface area contributed by atoms with Crippen molar-refractivity contribution in [2.75, 3.05) is 46.0 Å². The van der Waals surface area contributed by atoms with Gasteiger partial charge in [0.15, 0.2) is 0 Å². The average Bonchev–Trinajstić information content (AvgIpc) is 3.39. The second-order valence-electron chi connectivity index (χ2n) is 9.36. The lowest BCUT2D eigenvalue weighted by atomic mass is 9.59. The van der Waals surface area contributed by atoms with Crippen molar-refractivity contribution in [3.05, 3.63) is 65.6 Å². The number of hydrogen-bond acceptors (Lipinski definition) is 7. The van der Waals surface area contributed by atoms with Crippen LogP contribution in [0.4, 0.5) is 10.5 Å². The highest BCUT2D eigenvalue weighted by Gasteiger charge is 2.65. The van der Waals surface area contributed by atoms with E-state index in [-0.39, 0.29) is 12.9 Å². The molecule has 8 heteroatoms. The number of carbonyl (C=O) groups is 1. The first-order chi connectivity index (χ1) is 16.5. The number of carbonyl (C=O) groups excluding carboxylic acids is 1. The molecule has 5 rings (SSSR count). The number of para-hydroxylation sites is 1. The molecule has 3 aliphatic rings. The maximum atomic E-state index is 12.7. The number of ether oxygens (including phenoxy) is 4. The Hall–Kier alpha value is -2.65. The number of nitrogens with one attached hydrogen (secondary N) is 1. The SMILES string of the molecule is COCO[C@@H]1C[C@@]23CN(C)CCO[C@@]2(CC=C3[C@@H](C)OC(=O)Nc2ccccc2)c2ccoc21. The molecule has 1 saturated heterocycles. The van der Waals surface area contributed by atoms with Crippen molar-refractivity contribution in [2.24, 2.45) is 5.41 Å². The Kier molecular flexibility index (Phi) is 6.24. The van der Waals surface area contributed by atoms with Crippen LogP contribution in [0.1, 0.15) is 37.2 Å². The summed E-state index contributed by atoms with van der Waals surface area (Å²) >= 11 is 0. The second-order valence-corrected chi connectivity index (χ2v) is 9.36. The van der Waals surface area contributed by atoms with Crippen LogP contribution in [-0.4, -0.2) is 57.7 Å². The Balaban J connectivity index is 1.48. The zero-order chi connectivity index (χ0) is 23.8. The first-order valence-electron chi connectivity index (χ1n) is 11.7. The number of amides is 1. The first kappa shape index (κ1) is 23.1. The van der Waals surface area contributed by atoms with Gasteiger partial charge < -0.3 is 28.3 Å². The van der Waals surface area contributed by atoms with E-state index >= 15 is 0 Å². The van der Waals surface area contributed by atoms with E-state index in [9.17, 15) is 4.79 Å². The molecule has 1 aromatic heterocycles. The van der Waals surface area contributed by atoms with Gasteiger partial charge in [-0.2, -0.15) is 0 Å². The topological polar surface area (TPSA) is 82.4 Å². The van der Waals surface area contributed by atoms with Crippen molar-refractivity contribution in [2.45, 2.75) is 37.6 Å². The molecule has 0 saturated carbocycles. The third-order valence-corrected chi connectivity index (χ3v) is 7.38. The van der Waals surface area contributed by atoms with Crippen molar-refractivity contribution < 1.29 is 28.2 Å². The molecule has 1 aliphatic heterocycles. The Morgan fingerprint density at radius 2 is 2.12 bits per heavy atom. The number of benzene rings is 1. The predicted octanol–water partition coefficient (Wildman–Crippen LogP) is 4.46. The molecule has 4 atom stereocenters. The fourth-order valence-electron chi connectivity index (χ4n) is 6.05. The highest BCUT2D eigenvalue weighted by Crippen LogP contribution is 2.65. The van der Waals surface area contributed by atoms with Crippen LogP contribution < -0.4 is 5.32 Å². The monoisotopic (exact) mass is 468 g/mol. The van der Waals surface area contributed by atoms with Gasteiger partial charge in [-0.25, -0.2) is 4.79 Å². The minimum Gasteiger partial charge on any atom is -0.466 e. The molecule has 2 aromatic rings. The average molecular weight is 469 g/mol. The van der Waals surface area contributed by atoms with Gasteiger partial charge in [0.25, 0.3) is 0 Å². The predicted molar refractivity (Wildman–Crippen MR) is 125 cm³/mol. The molecule has 1 N–H and O–H groups in total. The lowest BCUT2D eigenvalue weighted by Crippen LogP contribution is -2.54. The minimum atomic E-state index is -0.587. The summed E-state index contributed by atoms with van der Waals surface area (Å²) in [7, 11) is 3.72. The summed E-state index contributed by atoms with van der Waals surface area (Å²) in [6.45, 7) is 4.27. The van der Waals surface area contributed by atoms with Gasteiger partial charge in [0, 0.05) is 43.3 Å². The number of nitrogens with zero attached hydrogens (tertiary/aromatic N) is 1. The molecule has 1 aromatic carbocycles. The van der Waals surface area contributed by atoms with Crippen LogP contribution in [0.15, 0.2) is 58.7 Å². The molecule has 34 heavy (non-hydrogen) atoms. The van der Waals surface area contributed by atoms with Crippen LogP contribution in [0.5, 0.6) is 0 Å². The fraction of sp³-hybridized carbons (Fsp3) is 0.500. The van der Waals surface area contributed by atoms with Gasteiger partial charge in [0.1, 0.15) is 30.4 Å². The van der Waals surface area contributed by atoms with Crippen molar-refractivity contribution in [1.29, 1.82) is 0 Å². The molecule has 2 aliphatic carbocycles. The van der Waals surface area contributed by atoms with Crippen molar-refractivity contribution in [3.63, 3.8) is 0 Å². The zero-order valence-corrected chi connectivity index (χ0v) is 19.9. The van der Waals surface area contributed by atoms with E-state index in [0.717, 1.165) is 30.0 Å². The van der Waals surface area contributed by atoms with Crippen LogP contribution in [0.3, 0.4) is 0 Å². The quantitative estimate of drug-likeness (QED) is 0.495. The number of fused-ring (bicyclic) bond motifs is 1. The molecular formula is C26H32N2O6. The third kappa shape index (κ3) is 3.75. The summed E-state index contributed by atoms with van der Waals surface area (Å²) in [6, 6.07) is 11.3. The van der Waals surface area contributed by atoms with Crippen LogP contribution >= 0.6 is 0 Å². The van der Waals surface area contributed by atoms with Gasteiger partial charge in [-0.05, 0) is 44.2 Å². The van der Waals surface area contributed by atoms with Crippen molar-refractivity contribution in [1.82, 2.24) is 4.90 Å². The number of methoxy groups -OCH3 is 1. The summed E-state index contributed by atoms with van der Waals surface area (Å²) in [6.07, 6.45) is 4.01. The maximum absolute atomic E-state index is 12.7. The van der Waals surface area contributed by atoms with Gasteiger partial charge in [-0.1, -0.05) is 24.3 Å². The standard InChI is InChI=1S/C26H32N2O6/c1-18(34-24(29)27-19-7-5-4-6-8-19)20-9-11-26-21-10-13-31-23(21)22(32-17-30-3)15-25(20,26)16-28(2)12-14-33-26/h4-10,13,18,22H,11-12,14-17H2,1-3H3,(H,27,29)/t18-,22-,25+,26+/m1/s1. The van der Waals surface area contributed by atoms with Gasteiger partial charge in [0.05, 0.1) is 12.9 Å². The summed E-state index contributed by atoms with van der Waals surface area (Å²) in [5.74, 6) is 0.794. The highest BCUT2D eigenvalue weighted by molar-refractivity contribution is 5.84. The van der Waals surface area contributed by atoms with Gasteiger partial charge in [-0.15, -0.1) is 0 Å². The van der Waals surface area contributed by atoms with E-state index < -0.39 is 23.2 Å². The molecule has 182 valence electrons. The summed E-state index contributed by atoms with van der Waals surface area (Å²) in [5.41, 5.74) is 1.74. The molecule has 0 bridgehead atoms. The Bertz CT molecular complexity index is 1050. The Morgan fingerprint density at radius 3 is 2.91 bits per heavy atom. The second kappa shape index (κ2) is 9.19. The van der Waals surface area contributed by atoms with E-state index in [0.29, 0.717) is 25.1 Å². The lowest BCUT2D eigenvalue weighted by molar-refractivity contribution is -0.160. The molecule has 0 spiro atoms. The van der Waals surface area contributed by atoms with Crippen LogP contribution in [0, 0.1) is 5.41 Å². The number of anilines is 1. The van der Waals surface area contributed by atoms with Crippen molar-refractivity contribution >= 4 is 11.8 Å². The van der Waals surface area contributed by atoms with E-state index in [2.05, 4.69) is 23.3 Å². The smallest absolute Gasteiger partial charge is 0.412 e. The summed E-state index contributed by atoms with van der Waals surface area (Å²) < 4.78 is 29.8. The minimum absolute atomic E-state index is 0.162. The van der Waals surface area contributed by atoms with E-state index in [1.54, 1.807) is 13.4 Å².